The van der Waals surface area contributed by atoms with Crippen LogP contribution in [-0.2, 0) is 9.59 Å². The third-order valence-corrected chi connectivity index (χ3v) is 4.68. The van der Waals surface area contributed by atoms with E-state index in [0.29, 0.717) is 17.2 Å². The van der Waals surface area contributed by atoms with E-state index in [1.165, 1.54) is 16.7 Å². The Morgan fingerprint density at radius 1 is 1.17 bits per heavy atom. The van der Waals surface area contributed by atoms with Gasteiger partial charge in [-0.3, -0.25) is 25.2 Å². The molecule has 1 fully saturated rings. The largest absolute Gasteiger partial charge is 0.372 e. The monoisotopic (exact) mass is 350 g/mol. The molecule has 0 saturated carbocycles. The summed E-state index contributed by atoms with van der Waals surface area (Å²) >= 11 is 1.47. The maximum absolute atomic E-state index is 12.0. The first-order chi connectivity index (χ1) is 11.5. The van der Waals surface area contributed by atoms with Crippen LogP contribution in [0.25, 0.3) is 0 Å². The average Bonchev–Trinajstić information content (AvgIpc) is 2.99. The molecule has 0 radical (unpaired) electrons. The van der Waals surface area contributed by atoms with E-state index in [1.807, 2.05) is 12.1 Å². The minimum atomic E-state index is -0.418. The number of thioether (sulfide) groups is 1. The van der Waals surface area contributed by atoms with E-state index in [2.05, 4.69) is 29.6 Å². The molecule has 3 amide bonds. The fourth-order valence-corrected chi connectivity index (χ4v) is 3.27. The zero-order chi connectivity index (χ0) is 17.5. The molecule has 1 heterocycles. The SMILES string of the molecule is CCN(CC)c1ccc(C(=O)NNC(=O)CN2CSCC2=O)cc1. The van der Waals surface area contributed by atoms with E-state index < -0.39 is 11.8 Å². The summed E-state index contributed by atoms with van der Waals surface area (Å²) in [7, 11) is 0. The van der Waals surface area contributed by atoms with Crippen LogP contribution in [0.3, 0.4) is 0 Å². The highest BCUT2D eigenvalue weighted by atomic mass is 32.2. The van der Waals surface area contributed by atoms with Gasteiger partial charge in [0.25, 0.3) is 11.8 Å². The Kier molecular flexibility index (Phi) is 6.48. The summed E-state index contributed by atoms with van der Waals surface area (Å²) < 4.78 is 0. The van der Waals surface area contributed by atoms with Crippen molar-refractivity contribution >= 4 is 35.2 Å². The fourth-order valence-electron chi connectivity index (χ4n) is 2.36. The second-order valence-corrected chi connectivity index (χ2v) is 6.25. The Labute approximate surface area is 145 Å². The highest BCUT2D eigenvalue weighted by Crippen LogP contribution is 2.15. The number of carbonyl (C=O) groups excluding carboxylic acids is 3. The van der Waals surface area contributed by atoms with Crippen molar-refractivity contribution in [3.63, 3.8) is 0 Å². The first-order valence-corrected chi connectivity index (χ1v) is 9.00. The molecule has 0 unspecified atom stereocenters. The minimum absolute atomic E-state index is 0.0486. The van der Waals surface area contributed by atoms with Crippen LogP contribution in [0, 0.1) is 0 Å². The van der Waals surface area contributed by atoms with Crippen LogP contribution >= 0.6 is 11.8 Å². The van der Waals surface area contributed by atoms with Crippen molar-refractivity contribution in [2.45, 2.75) is 13.8 Å². The van der Waals surface area contributed by atoms with Crippen LogP contribution in [0.1, 0.15) is 24.2 Å². The predicted octanol–water partition coefficient (Wildman–Crippen LogP) is 0.827. The highest BCUT2D eigenvalue weighted by Gasteiger charge is 2.23. The van der Waals surface area contributed by atoms with Gasteiger partial charge in [0, 0.05) is 24.3 Å². The number of amides is 3. The average molecular weight is 350 g/mol. The van der Waals surface area contributed by atoms with Crippen molar-refractivity contribution in [2.24, 2.45) is 0 Å². The lowest BCUT2D eigenvalue weighted by Crippen LogP contribution is -2.46. The van der Waals surface area contributed by atoms with Gasteiger partial charge in [-0.05, 0) is 38.1 Å². The van der Waals surface area contributed by atoms with E-state index in [1.54, 1.807) is 12.1 Å². The number of hydrazine groups is 1. The van der Waals surface area contributed by atoms with Crippen LogP contribution in [0.5, 0.6) is 0 Å². The molecule has 2 N–H and O–H groups in total. The Hall–Kier alpha value is -2.22. The molecule has 0 bridgehead atoms. The zero-order valence-corrected chi connectivity index (χ0v) is 14.7. The molecule has 0 aliphatic carbocycles. The second kappa shape index (κ2) is 8.58. The molecule has 0 aromatic heterocycles. The summed E-state index contributed by atoms with van der Waals surface area (Å²) in [6.07, 6.45) is 0. The maximum atomic E-state index is 12.0. The van der Waals surface area contributed by atoms with Crippen molar-refractivity contribution < 1.29 is 14.4 Å². The third kappa shape index (κ3) is 4.64. The quantitative estimate of drug-likeness (QED) is 0.743. The molecule has 1 aliphatic rings. The van der Waals surface area contributed by atoms with Gasteiger partial charge < -0.3 is 9.80 Å². The normalized spacial score (nSPS) is 13.8. The lowest BCUT2D eigenvalue weighted by atomic mass is 10.2. The van der Waals surface area contributed by atoms with Crippen LogP contribution in [0.15, 0.2) is 24.3 Å². The molecule has 1 aliphatic heterocycles. The minimum Gasteiger partial charge on any atom is -0.372 e. The fraction of sp³-hybridized carbons (Fsp3) is 0.438. The number of rotatable bonds is 6. The third-order valence-electron chi connectivity index (χ3n) is 3.73. The second-order valence-electron chi connectivity index (χ2n) is 5.29. The van der Waals surface area contributed by atoms with Crippen molar-refractivity contribution in [1.29, 1.82) is 0 Å². The first-order valence-electron chi connectivity index (χ1n) is 7.84. The van der Waals surface area contributed by atoms with Crippen LogP contribution < -0.4 is 15.8 Å². The number of hydrogen-bond donors (Lipinski definition) is 2. The zero-order valence-electron chi connectivity index (χ0n) is 13.9. The Morgan fingerprint density at radius 2 is 1.83 bits per heavy atom. The van der Waals surface area contributed by atoms with E-state index >= 15 is 0 Å². The summed E-state index contributed by atoms with van der Waals surface area (Å²) in [5.41, 5.74) is 6.21. The summed E-state index contributed by atoms with van der Waals surface area (Å²) in [4.78, 5) is 38.9. The number of anilines is 1. The van der Waals surface area contributed by atoms with Gasteiger partial charge in [-0.1, -0.05) is 0 Å². The number of benzene rings is 1. The van der Waals surface area contributed by atoms with Gasteiger partial charge in [-0.25, -0.2) is 0 Å². The van der Waals surface area contributed by atoms with Crippen LogP contribution in [-0.4, -0.2) is 53.9 Å². The van der Waals surface area contributed by atoms with Crippen molar-refractivity contribution in [3.05, 3.63) is 29.8 Å². The van der Waals surface area contributed by atoms with Gasteiger partial charge in [0.15, 0.2) is 0 Å². The lowest BCUT2D eigenvalue weighted by Gasteiger charge is -2.21. The van der Waals surface area contributed by atoms with Gasteiger partial charge in [0.2, 0.25) is 5.91 Å². The summed E-state index contributed by atoms with van der Waals surface area (Å²) in [6, 6.07) is 7.19. The van der Waals surface area contributed by atoms with Gasteiger partial charge in [0.1, 0.15) is 6.54 Å². The topological polar surface area (TPSA) is 81.8 Å². The van der Waals surface area contributed by atoms with E-state index in [4.69, 9.17) is 0 Å². The number of nitrogens with one attached hydrogen (secondary N) is 2. The van der Waals surface area contributed by atoms with Crippen LogP contribution in [0.4, 0.5) is 5.69 Å². The molecule has 130 valence electrons. The lowest BCUT2D eigenvalue weighted by molar-refractivity contribution is -0.132. The molecule has 1 aromatic rings. The Morgan fingerprint density at radius 3 is 2.38 bits per heavy atom. The van der Waals surface area contributed by atoms with Gasteiger partial charge in [-0.2, -0.15) is 0 Å². The first kappa shape index (κ1) is 18.1. The standard InChI is InChI=1S/C16H22N4O3S/c1-3-19(4-2)13-7-5-12(6-8-13)16(23)18-17-14(21)9-20-11-24-10-15(20)22/h5-8H,3-4,9-11H2,1-2H3,(H,17,21)(H,18,23). The number of carbonyl (C=O) groups is 3. The summed E-state index contributed by atoms with van der Waals surface area (Å²) in [5, 5.41) is 0. The van der Waals surface area contributed by atoms with E-state index in [9.17, 15) is 14.4 Å². The highest BCUT2D eigenvalue weighted by molar-refractivity contribution is 8.00. The van der Waals surface area contributed by atoms with Gasteiger partial charge in [0.05, 0.1) is 11.6 Å². The van der Waals surface area contributed by atoms with E-state index in [-0.39, 0.29) is 12.5 Å². The van der Waals surface area contributed by atoms with E-state index in [0.717, 1.165) is 18.8 Å². The molecule has 0 atom stereocenters. The summed E-state index contributed by atoms with van der Waals surface area (Å²) in [6.45, 7) is 5.89. The predicted molar refractivity (Wildman–Crippen MR) is 94.6 cm³/mol. The Bertz CT molecular complexity index is 602. The summed E-state index contributed by atoms with van der Waals surface area (Å²) in [5.74, 6) is 0.0370. The van der Waals surface area contributed by atoms with Crippen molar-refractivity contribution in [2.75, 3.05) is 36.2 Å². The molecule has 1 aromatic carbocycles. The van der Waals surface area contributed by atoms with Crippen molar-refractivity contribution in [1.82, 2.24) is 15.8 Å². The molecular weight excluding hydrogens is 328 g/mol. The van der Waals surface area contributed by atoms with Gasteiger partial charge >= 0.3 is 0 Å². The molecule has 8 heteroatoms. The molecule has 0 spiro atoms. The molecule has 24 heavy (non-hydrogen) atoms. The number of nitrogens with zero attached hydrogens (tertiary/aromatic N) is 2. The van der Waals surface area contributed by atoms with Crippen molar-refractivity contribution in [3.8, 4) is 0 Å². The Balaban J connectivity index is 1.83. The molecular formula is C16H22N4O3S. The van der Waals surface area contributed by atoms with Crippen LogP contribution in [0.2, 0.25) is 0 Å². The molecule has 2 rings (SSSR count). The smallest absolute Gasteiger partial charge is 0.269 e. The number of hydrogen-bond acceptors (Lipinski definition) is 5. The molecule has 1 saturated heterocycles. The van der Waals surface area contributed by atoms with Gasteiger partial charge in [-0.15, -0.1) is 11.8 Å². The molecule has 7 nitrogen and oxygen atoms in total. The maximum Gasteiger partial charge on any atom is 0.269 e.